The molecule has 0 unspecified atom stereocenters. The number of nitrogens with one attached hydrogen (secondary N) is 1. The predicted octanol–water partition coefficient (Wildman–Crippen LogP) is 1.18. The van der Waals surface area contributed by atoms with Gasteiger partial charge in [0.05, 0.1) is 6.34 Å². The quantitative estimate of drug-likeness (QED) is 0.510. The zero-order chi connectivity index (χ0) is 6.10. The van der Waals surface area contributed by atoms with Gasteiger partial charge in [0.25, 0.3) is 0 Å². The minimum atomic E-state index is 1.15. The average Bonchev–Trinajstić information content (AvgIpc) is 2.33. The van der Waals surface area contributed by atoms with Gasteiger partial charge >= 0.3 is 0 Å². The van der Waals surface area contributed by atoms with Crippen LogP contribution in [0.15, 0.2) is 28.5 Å². The Balaban J connectivity index is 2.37. The summed E-state index contributed by atoms with van der Waals surface area (Å²) in [5.41, 5.74) is 2.60. The van der Waals surface area contributed by atoms with Crippen LogP contribution in [0.25, 0.3) is 0 Å². The number of hydrogen-bond acceptors (Lipinski definition) is 2. The first-order valence-electron chi connectivity index (χ1n) is 3.14. The monoisotopic (exact) mass is 120 g/mol. The van der Waals surface area contributed by atoms with Crippen LogP contribution in [0.4, 0.5) is 0 Å². The molecule has 0 saturated heterocycles. The molecule has 0 aromatic rings. The van der Waals surface area contributed by atoms with E-state index >= 15 is 0 Å². The molecule has 0 fully saturated rings. The maximum Gasteiger partial charge on any atom is 0.0923 e. The molecule has 1 heterocycles. The molecule has 9 heavy (non-hydrogen) atoms. The lowest BCUT2D eigenvalue weighted by atomic mass is 10.2. The smallest absolute Gasteiger partial charge is 0.0923 e. The average molecular weight is 120 g/mol. The van der Waals surface area contributed by atoms with Crippen LogP contribution in [0.5, 0.6) is 0 Å². The summed E-state index contributed by atoms with van der Waals surface area (Å²) in [4.78, 5) is 3.98. The van der Waals surface area contributed by atoms with E-state index in [1.165, 1.54) is 11.3 Å². The first kappa shape index (κ1) is 4.79. The highest BCUT2D eigenvalue weighted by molar-refractivity contribution is 5.64. The van der Waals surface area contributed by atoms with E-state index in [0.717, 1.165) is 12.8 Å². The third-order valence-corrected chi connectivity index (χ3v) is 1.63. The van der Waals surface area contributed by atoms with Crippen molar-refractivity contribution in [3.63, 3.8) is 0 Å². The lowest BCUT2D eigenvalue weighted by Crippen LogP contribution is -2.12. The van der Waals surface area contributed by atoms with Crippen LogP contribution < -0.4 is 5.32 Å². The topological polar surface area (TPSA) is 24.4 Å². The minimum absolute atomic E-state index is 1.15. The molecule has 2 aliphatic rings. The fourth-order valence-corrected chi connectivity index (χ4v) is 1.16. The molecule has 0 bridgehead atoms. The van der Waals surface area contributed by atoms with Gasteiger partial charge in [-0.1, -0.05) is 6.08 Å². The highest BCUT2D eigenvalue weighted by Crippen LogP contribution is 2.23. The molecule has 2 nitrogen and oxygen atoms in total. The summed E-state index contributed by atoms with van der Waals surface area (Å²) < 4.78 is 0. The molecule has 0 aromatic carbocycles. The summed E-state index contributed by atoms with van der Waals surface area (Å²) in [6, 6.07) is 0. The summed E-state index contributed by atoms with van der Waals surface area (Å²) in [5.74, 6) is 0. The van der Waals surface area contributed by atoms with Crippen molar-refractivity contribution >= 4 is 6.34 Å². The van der Waals surface area contributed by atoms with Gasteiger partial charge < -0.3 is 5.32 Å². The Morgan fingerprint density at radius 2 is 2.56 bits per heavy atom. The van der Waals surface area contributed by atoms with Crippen LogP contribution in [0.1, 0.15) is 12.8 Å². The van der Waals surface area contributed by atoms with E-state index in [1.807, 2.05) is 6.20 Å². The maximum absolute atomic E-state index is 3.98. The van der Waals surface area contributed by atoms with E-state index in [1.54, 1.807) is 6.34 Å². The van der Waals surface area contributed by atoms with Crippen LogP contribution in [0.3, 0.4) is 0 Å². The summed E-state index contributed by atoms with van der Waals surface area (Å²) in [5, 5.41) is 3.08. The van der Waals surface area contributed by atoms with Crippen molar-refractivity contribution in [2.24, 2.45) is 4.99 Å². The van der Waals surface area contributed by atoms with Crippen LogP contribution >= 0.6 is 0 Å². The van der Waals surface area contributed by atoms with E-state index < -0.39 is 0 Å². The third-order valence-electron chi connectivity index (χ3n) is 1.63. The second-order valence-electron chi connectivity index (χ2n) is 2.23. The second-order valence-corrected chi connectivity index (χ2v) is 2.23. The fraction of sp³-hybridized carbons (Fsp3) is 0.286. The van der Waals surface area contributed by atoms with Crippen LogP contribution in [-0.2, 0) is 0 Å². The summed E-state index contributed by atoms with van der Waals surface area (Å²) in [6.07, 6.45) is 8.17. The number of allylic oxidation sites excluding steroid dienone is 2. The number of aliphatic imine (C=N–C) groups is 1. The van der Waals surface area contributed by atoms with Gasteiger partial charge in [0.1, 0.15) is 0 Å². The molecule has 2 heteroatoms. The predicted molar refractivity (Wildman–Crippen MR) is 37.0 cm³/mol. The summed E-state index contributed by atoms with van der Waals surface area (Å²) in [7, 11) is 0. The molecule has 1 N–H and O–H groups in total. The Labute approximate surface area is 54.0 Å². The van der Waals surface area contributed by atoms with E-state index in [9.17, 15) is 0 Å². The first-order valence-corrected chi connectivity index (χ1v) is 3.14. The number of hydrogen-bond donors (Lipinski definition) is 1. The van der Waals surface area contributed by atoms with E-state index in [-0.39, 0.29) is 0 Å². The fourth-order valence-electron chi connectivity index (χ4n) is 1.16. The zero-order valence-electron chi connectivity index (χ0n) is 5.09. The first-order chi connectivity index (χ1) is 4.47. The van der Waals surface area contributed by atoms with Gasteiger partial charge in [-0.15, -0.1) is 0 Å². The van der Waals surface area contributed by atoms with Gasteiger partial charge in [0, 0.05) is 11.9 Å². The van der Waals surface area contributed by atoms with Gasteiger partial charge in [-0.3, -0.25) is 0 Å². The Kier molecular flexibility index (Phi) is 0.918. The van der Waals surface area contributed by atoms with E-state index in [4.69, 9.17) is 0 Å². The molecule has 0 spiro atoms. The Bertz CT molecular complexity index is 211. The van der Waals surface area contributed by atoms with Crippen molar-refractivity contribution in [3.8, 4) is 0 Å². The van der Waals surface area contributed by atoms with Crippen molar-refractivity contribution in [3.05, 3.63) is 23.5 Å². The van der Waals surface area contributed by atoms with Crippen LogP contribution in [-0.4, -0.2) is 6.34 Å². The number of nitrogens with zero attached hydrogens (tertiary/aromatic N) is 1. The van der Waals surface area contributed by atoms with Crippen molar-refractivity contribution in [1.29, 1.82) is 0 Å². The van der Waals surface area contributed by atoms with E-state index in [0.29, 0.717) is 0 Å². The van der Waals surface area contributed by atoms with Gasteiger partial charge in [0.2, 0.25) is 0 Å². The lowest BCUT2D eigenvalue weighted by molar-refractivity contribution is 1.03. The highest BCUT2D eigenvalue weighted by Gasteiger charge is 2.11. The zero-order valence-corrected chi connectivity index (χ0v) is 5.09. The third kappa shape index (κ3) is 0.669. The molecular weight excluding hydrogens is 112 g/mol. The molecule has 1 aliphatic carbocycles. The SMILES string of the molecule is C1=NC=C2CCC=C2N1. The Morgan fingerprint density at radius 1 is 1.56 bits per heavy atom. The molecule has 46 valence electrons. The number of rotatable bonds is 0. The number of fused-ring (bicyclic) bond motifs is 1. The second kappa shape index (κ2) is 1.72. The molecule has 0 aromatic heterocycles. The highest BCUT2D eigenvalue weighted by atomic mass is 15.0. The van der Waals surface area contributed by atoms with Crippen LogP contribution in [0, 0.1) is 0 Å². The lowest BCUT2D eigenvalue weighted by Gasteiger charge is -2.06. The van der Waals surface area contributed by atoms with Crippen LogP contribution in [0.2, 0.25) is 0 Å². The molecule has 1 aliphatic heterocycles. The minimum Gasteiger partial charge on any atom is -0.346 e. The van der Waals surface area contributed by atoms with Crippen molar-refractivity contribution in [2.75, 3.05) is 0 Å². The van der Waals surface area contributed by atoms with Gasteiger partial charge in [-0.2, -0.15) is 0 Å². The summed E-state index contributed by atoms with van der Waals surface area (Å²) in [6.45, 7) is 0. The molecule has 0 atom stereocenters. The standard InChI is InChI=1S/C7H8N2/c1-2-6-4-8-5-9-7(6)3-1/h3-5H,1-2H2,(H,8,9). The molecule has 0 saturated carbocycles. The molecular formula is C7H8N2. The van der Waals surface area contributed by atoms with Crippen molar-refractivity contribution in [1.82, 2.24) is 5.32 Å². The normalized spacial score (nSPS) is 22.2. The van der Waals surface area contributed by atoms with Gasteiger partial charge in [-0.25, -0.2) is 4.99 Å². The summed E-state index contributed by atoms with van der Waals surface area (Å²) >= 11 is 0. The largest absolute Gasteiger partial charge is 0.346 e. The maximum atomic E-state index is 3.98. The molecule has 0 amide bonds. The van der Waals surface area contributed by atoms with Crippen molar-refractivity contribution in [2.45, 2.75) is 12.8 Å². The Hall–Kier alpha value is -1.05. The Morgan fingerprint density at radius 3 is 3.44 bits per heavy atom. The molecule has 0 radical (unpaired) electrons. The van der Waals surface area contributed by atoms with Gasteiger partial charge in [-0.05, 0) is 18.4 Å². The van der Waals surface area contributed by atoms with Gasteiger partial charge in [0.15, 0.2) is 0 Å². The van der Waals surface area contributed by atoms with Crippen molar-refractivity contribution < 1.29 is 0 Å². The molecule has 2 rings (SSSR count). The van der Waals surface area contributed by atoms with E-state index in [2.05, 4.69) is 16.4 Å².